The van der Waals surface area contributed by atoms with Crippen LogP contribution in [0, 0.1) is 0 Å². The smallest absolute Gasteiger partial charge is 0.229 e. The van der Waals surface area contributed by atoms with Gasteiger partial charge in [-0.1, -0.05) is 49.6 Å². The van der Waals surface area contributed by atoms with E-state index in [1.165, 1.54) is 32.1 Å². The highest BCUT2D eigenvalue weighted by Crippen LogP contribution is 2.22. The van der Waals surface area contributed by atoms with E-state index in [0.29, 0.717) is 6.04 Å². The molecular formula is C18H28N2O. The van der Waals surface area contributed by atoms with Crippen molar-refractivity contribution < 1.29 is 4.79 Å². The minimum Gasteiger partial charge on any atom is -0.348 e. The summed E-state index contributed by atoms with van der Waals surface area (Å²) in [6, 6.07) is 10.8. The second kappa shape index (κ2) is 8.18. The number of carbonyl (C=O) groups excluding carboxylic acids is 1. The van der Waals surface area contributed by atoms with Crippen molar-refractivity contribution in [3.8, 4) is 0 Å². The fourth-order valence-corrected chi connectivity index (χ4v) is 3.17. The molecule has 1 saturated carbocycles. The van der Waals surface area contributed by atoms with Crippen LogP contribution in [0.5, 0.6) is 0 Å². The monoisotopic (exact) mass is 288 g/mol. The molecule has 3 nitrogen and oxygen atoms in total. The topological polar surface area (TPSA) is 32.3 Å². The van der Waals surface area contributed by atoms with Crippen LogP contribution >= 0.6 is 0 Å². The van der Waals surface area contributed by atoms with Crippen molar-refractivity contribution in [1.82, 2.24) is 10.2 Å². The molecule has 1 aromatic carbocycles. The molecule has 1 unspecified atom stereocenters. The van der Waals surface area contributed by atoms with Gasteiger partial charge >= 0.3 is 0 Å². The predicted molar refractivity (Wildman–Crippen MR) is 87.4 cm³/mol. The van der Waals surface area contributed by atoms with Gasteiger partial charge in [-0.05, 0) is 31.4 Å². The largest absolute Gasteiger partial charge is 0.348 e. The first-order valence-corrected chi connectivity index (χ1v) is 8.18. The molecule has 0 radical (unpaired) electrons. The number of hydrogen-bond donors (Lipinski definition) is 1. The third kappa shape index (κ3) is 4.85. The molecule has 116 valence electrons. The van der Waals surface area contributed by atoms with E-state index in [4.69, 9.17) is 0 Å². The van der Waals surface area contributed by atoms with Crippen LogP contribution in [-0.2, 0) is 4.79 Å². The van der Waals surface area contributed by atoms with Gasteiger partial charge in [0.2, 0.25) is 5.91 Å². The molecule has 3 heteroatoms. The van der Waals surface area contributed by atoms with Crippen molar-refractivity contribution in [3.05, 3.63) is 35.9 Å². The summed E-state index contributed by atoms with van der Waals surface area (Å²) in [5, 5.41) is 3.64. The van der Waals surface area contributed by atoms with Gasteiger partial charge in [-0.25, -0.2) is 0 Å². The van der Waals surface area contributed by atoms with Crippen LogP contribution in [0.1, 0.15) is 50.0 Å². The van der Waals surface area contributed by atoms with E-state index < -0.39 is 0 Å². The highest BCUT2D eigenvalue weighted by atomic mass is 16.2. The van der Waals surface area contributed by atoms with Crippen molar-refractivity contribution in [2.45, 2.75) is 50.5 Å². The Bertz CT molecular complexity index is 424. The number of rotatable bonds is 6. The number of amides is 1. The zero-order valence-corrected chi connectivity index (χ0v) is 13.3. The molecule has 2 rings (SSSR count). The van der Waals surface area contributed by atoms with E-state index in [-0.39, 0.29) is 11.8 Å². The first-order valence-electron chi connectivity index (χ1n) is 8.18. The zero-order chi connectivity index (χ0) is 15.1. The number of hydrogen-bond acceptors (Lipinski definition) is 2. The van der Waals surface area contributed by atoms with Crippen LogP contribution in [0.2, 0.25) is 0 Å². The fraction of sp³-hybridized carbons (Fsp3) is 0.611. The molecule has 1 aliphatic carbocycles. The minimum atomic E-state index is -0.0303. The minimum absolute atomic E-state index is 0.0303. The highest BCUT2D eigenvalue weighted by molar-refractivity contribution is 5.83. The van der Waals surface area contributed by atoms with Gasteiger partial charge in [0, 0.05) is 20.1 Å². The summed E-state index contributed by atoms with van der Waals surface area (Å²) in [4.78, 5) is 14.1. The number of benzene rings is 1. The quantitative estimate of drug-likeness (QED) is 0.872. The van der Waals surface area contributed by atoms with Gasteiger partial charge in [-0.2, -0.15) is 0 Å². The standard InChI is InChI=1S/C18H28N2O/c1-20(2)18(21)17(15-9-5-3-6-10-15)13-14-19-16-11-7-4-8-12-16/h3,5-6,9-10,16-17,19H,4,7-8,11-14H2,1-2H3. The third-order valence-corrected chi connectivity index (χ3v) is 4.41. The Morgan fingerprint density at radius 2 is 1.86 bits per heavy atom. The lowest BCUT2D eigenvalue weighted by Gasteiger charge is -2.25. The molecule has 1 N–H and O–H groups in total. The van der Waals surface area contributed by atoms with Crippen molar-refractivity contribution in [2.75, 3.05) is 20.6 Å². The molecule has 1 amide bonds. The van der Waals surface area contributed by atoms with Crippen molar-refractivity contribution >= 4 is 5.91 Å². The maximum atomic E-state index is 12.4. The van der Waals surface area contributed by atoms with Gasteiger partial charge in [0.05, 0.1) is 5.92 Å². The second-order valence-electron chi connectivity index (χ2n) is 6.27. The molecule has 1 aromatic rings. The van der Waals surface area contributed by atoms with Crippen LogP contribution in [0.3, 0.4) is 0 Å². The van der Waals surface area contributed by atoms with Crippen LogP contribution in [-0.4, -0.2) is 37.5 Å². The molecule has 0 aliphatic heterocycles. The Morgan fingerprint density at radius 1 is 1.19 bits per heavy atom. The van der Waals surface area contributed by atoms with Crippen LogP contribution in [0.25, 0.3) is 0 Å². The molecule has 0 aromatic heterocycles. The Hall–Kier alpha value is -1.35. The van der Waals surface area contributed by atoms with Gasteiger partial charge < -0.3 is 10.2 Å². The van der Waals surface area contributed by atoms with E-state index in [0.717, 1.165) is 18.5 Å². The summed E-state index contributed by atoms with van der Waals surface area (Å²) in [6.45, 7) is 0.920. The molecule has 0 heterocycles. The first kappa shape index (κ1) is 16.0. The van der Waals surface area contributed by atoms with Crippen LogP contribution < -0.4 is 5.32 Å². The molecule has 0 bridgehead atoms. The summed E-state index contributed by atoms with van der Waals surface area (Å²) in [5.41, 5.74) is 1.13. The number of carbonyl (C=O) groups is 1. The summed E-state index contributed by atoms with van der Waals surface area (Å²) in [5.74, 6) is 0.170. The van der Waals surface area contributed by atoms with E-state index in [2.05, 4.69) is 17.4 Å². The van der Waals surface area contributed by atoms with Crippen molar-refractivity contribution in [3.63, 3.8) is 0 Å². The lowest BCUT2D eigenvalue weighted by molar-refractivity contribution is -0.130. The SMILES string of the molecule is CN(C)C(=O)C(CCNC1CCCCC1)c1ccccc1. The Morgan fingerprint density at radius 3 is 2.48 bits per heavy atom. The van der Waals surface area contributed by atoms with E-state index in [1.54, 1.807) is 4.90 Å². The maximum absolute atomic E-state index is 12.4. The molecule has 0 saturated heterocycles. The Labute approximate surface area is 128 Å². The maximum Gasteiger partial charge on any atom is 0.229 e. The lowest BCUT2D eigenvalue weighted by Crippen LogP contribution is -2.35. The summed E-state index contributed by atoms with van der Waals surface area (Å²) in [6.07, 6.45) is 7.52. The van der Waals surface area contributed by atoms with Gasteiger partial charge in [-0.3, -0.25) is 4.79 Å². The highest BCUT2D eigenvalue weighted by Gasteiger charge is 2.22. The molecular weight excluding hydrogens is 260 g/mol. The summed E-state index contributed by atoms with van der Waals surface area (Å²) >= 11 is 0. The van der Waals surface area contributed by atoms with Crippen molar-refractivity contribution in [1.29, 1.82) is 0 Å². The van der Waals surface area contributed by atoms with E-state index >= 15 is 0 Å². The first-order chi connectivity index (χ1) is 10.2. The lowest BCUT2D eigenvalue weighted by atomic mass is 9.93. The Balaban J connectivity index is 1.91. The van der Waals surface area contributed by atoms with Crippen LogP contribution in [0.15, 0.2) is 30.3 Å². The normalized spacial score (nSPS) is 17.4. The average Bonchev–Trinajstić information content (AvgIpc) is 2.53. The van der Waals surface area contributed by atoms with Gasteiger partial charge in [0.15, 0.2) is 0 Å². The third-order valence-electron chi connectivity index (χ3n) is 4.41. The van der Waals surface area contributed by atoms with Gasteiger partial charge in [-0.15, -0.1) is 0 Å². The summed E-state index contributed by atoms with van der Waals surface area (Å²) in [7, 11) is 3.68. The van der Waals surface area contributed by atoms with Crippen molar-refractivity contribution in [2.24, 2.45) is 0 Å². The van der Waals surface area contributed by atoms with Crippen LogP contribution in [0.4, 0.5) is 0 Å². The Kier molecular flexibility index (Phi) is 6.24. The second-order valence-corrected chi connectivity index (χ2v) is 6.27. The molecule has 1 fully saturated rings. The molecule has 1 atom stereocenters. The summed E-state index contributed by atoms with van der Waals surface area (Å²) < 4.78 is 0. The van der Waals surface area contributed by atoms with E-state index in [1.807, 2.05) is 32.3 Å². The van der Waals surface area contributed by atoms with Gasteiger partial charge in [0.25, 0.3) is 0 Å². The zero-order valence-electron chi connectivity index (χ0n) is 13.3. The predicted octanol–water partition coefficient (Wildman–Crippen LogP) is 3.17. The fourth-order valence-electron chi connectivity index (χ4n) is 3.17. The average molecular weight is 288 g/mol. The number of nitrogens with one attached hydrogen (secondary N) is 1. The van der Waals surface area contributed by atoms with E-state index in [9.17, 15) is 4.79 Å². The molecule has 1 aliphatic rings. The number of nitrogens with zero attached hydrogens (tertiary/aromatic N) is 1. The number of likely N-dealkylation sites (N-methyl/N-ethyl adjacent to an activating group) is 1. The van der Waals surface area contributed by atoms with Gasteiger partial charge in [0.1, 0.15) is 0 Å². The molecule has 21 heavy (non-hydrogen) atoms. The molecule has 0 spiro atoms.